The summed E-state index contributed by atoms with van der Waals surface area (Å²) in [7, 11) is 2.11. The van der Waals surface area contributed by atoms with Gasteiger partial charge in [0.2, 0.25) is 0 Å². The van der Waals surface area contributed by atoms with Crippen LogP contribution in [0.15, 0.2) is 30.3 Å². The average Bonchev–Trinajstić information content (AvgIpc) is 2.55. The van der Waals surface area contributed by atoms with E-state index in [0.29, 0.717) is 11.5 Å². The lowest BCUT2D eigenvalue weighted by Gasteiger charge is -2.33. The van der Waals surface area contributed by atoms with Crippen molar-refractivity contribution in [1.82, 2.24) is 14.9 Å². The number of amides is 1. The van der Waals surface area contributed by atoms with Gasteiger partial charge < -0.3 is 15.1 Å². The number of hydrogen-bond donors (Lipinski definition) is 1. The number of nitrogens with one attached hydrogen (secondary N) is 1. The van der Waals surface area contributed by atoms with Gasteiger partial charge in [0.1, 0.15) is 17.3 Å². The van der Waals surface area contributed by atoms with E-state index in [-0.39, 0.29) is 5.91 Å². The molecule has 1 aromatic heterocycles. The third kappa shape index (κ3) is 3.89. The maximum atomic E-state index is 12.5. The Morgan fingerprint density at radius 2 is 1.83 bits per heavy atom. The van der Waals surface area contributed by atoms with Crippen LogP contribution in [0.4, 0.5) is 11.5 Å². The quantitative estimate of drug-likeness (QED) is 0.936. The van der Waals surface area contributed by atoms with Crippen LogP contribution < -0.4 is 10.2 Å². The van der Waals surface area contributed by atoms with Crippen LogP contribution in [0.5, 0.6) is 0 Å². The molecule has 1 fully saturated rings. The summed E-state index contributed by atoms with van der Waals surface area (Å²) < 4.78 is 0. The number of rotatable bonds is 3. The zero-order chi connectivity index (χ0) is 17.1. The Hall–Kier alpha value is -2.47. The largest absolute Gasteiger partial charge is 0.354 e. The van der Waals surface area contributed by atoms with Gasteiger partial charge in [0.15, 0.2) is 0 Å². The van der Waals surface area contributed by atoms with E-state index in [1.807, 2.05) is 38.1 Å². The van der Waals surface area contributed by atoms with Crippen LogP contribution in [0.1, 0.15) is 21.9 Å². The fraction of sp³-hybridized carbons (Fsp3) is 0.389. The summed E-state index contributed by atoms with van der Waals surface area (Å²) >= 11 is 0. The van der Waals surface area contributed by atoms with E-state index in [0.717, 1.165) is 43.2 Å². The van der Waals surface area contributed by atoms with Gasteiger partial charge >= 0.3 is 0 Å². The molecule has 6 heteroatoms. The number of aromatic nitrogens is 2. The molecule has 0 aliphatic carbocycles. The van der Waals surface area contributed by atoms with Gasteiger partial charge in [-0.15, -0.1) is 0 Å². The molecule has 1 N–H and O–H groups in total. The van der Waals surface area contributed by atoms with Crippen LogP contribution in [0, 0.1) is 13.8 Å². The minimum atomic E-state index is -0.207. The summed E-state index contributed by atoms with van der Waals surface area (Å²) in [6.07, 6.45) is 0. The highest BCUT2D eigenvalue weighted by Crippen LogP contribution is 2.16. The number of carbonyl (C=O) groups excluding carboxylic acids is 1. The molecule has 0 spiro atoms. The van der Waals surface area contributed by atoms with Gasteiger partial charge in [0.25, 0.3) is 5.91 Å². The second-order valence-corrected chi connectivity index (χ2v) is 6.27. The molecule has 0 unspecified atom stereocenters. The molecule has 24 heavy (non-hydrogen) atoms. The van der Waals surface area contributed by atoms with Gasteiger partial charge in [-0.3, -0.25) is 4.79 Å². The molecular weight excluding hydrogens is 302 g/mol. The van der Waals surface area contributed by atoms with Crippen molar-refractivity contribution in [2.24, 2.45) is 0 Å². The molecule has 0 radical (unpaired) electrons. The molecule has 0 saturated carbocycles. The second kappa shape index (κ2) is 6.97. The predicted octanol–water partition coefficient (Wildman–Crippen LogP) is 2.10. The van der Waals surface area contributed by atoms with Gasteiger partial charge in [-0.25, -0.2) is 9.97 Å². The second-order valence-electron chi connectivity index (χ2n) is 6.27. The lowest BCUT2D eigenvalue weighted by atomic mass is 10.2. The summed E-state index contributed by atoms with van der Waals surface area (Å²) in [5.74, 6) is 1.23. The number of nitrogens with zero attached hydrogens (tertiary/aromatic N) is 4. The van der Waals surface area contributed by atoms with Crippen molar-refractivity contribution in [2.45, 2.75) is 13.8 Å². The van der Waals surface area contributed by atoms with Crippen LogP contribution in [0.2, 0.25) is 0 Å². The molecule has 3 rings (SSSR count). The summed E-state index contributed by atoms with van der Waals surface area (Å²) in [4.78, 5) is 25.8. The van der Waals surface area contributed by atoms with Gasteiger partial charge in [0, 0.05) is 37.9 Å². The molecular formula is C18H23N5O. The van der Waals surface area contributed by atoms with E-state index < -0.39 is 0 Å². The Balaban J connectivity index is 1.79. The lowest BCUT2D eigenvalue weighted by molar-refractivity contribution is 0.102. The highest BCUT2D eigenvalue weighted by atomic mass is 16.1. The van der Waals surface area contributed by atoms with Crippen LogP contribution in [-0.2, 0) is 0 Å². The monoisotopic (exact) mass is 325 g/mol. The Bertz CT molecular complexity index is 738. The first-order valence-corrected chi connectivity index (χ1v) is 8.18. The Labute approximate surface area is 142 Å². The smallest absolute Gasteiger partial charge is 0.274 e. The number of hydrogen-bond acceptors (Lipinski definition) is 5. The number of piperazine rings is 1. The van der Waals surface area contributed by atoms with Crippen molar-refractivity contribution < 1.29 is 4.79 Å². The van der Waals surface area contributed by atoms with Crippen molar-refractivity contribution in [2.75, 3.05) is 43.4 Å². The standard InChI is InChI=1S/C18H23N5O/c1-13-5-4-6-15(11-13)21-18(24)16-12-17(20-14(2)19-16)23-9-7-22(3)8-10-23/h4-6,11-12H,7-10H2,1-3H3,(H,21,24). The van der Waals surface area contributed by atoms with Crippen molar-refractivity contribution in [3.8, 4) is 0 Å². The number of likely N-dealkylation sites (N-methyl/N-ethyl adjacent to an activating group) is 1. The first kappa shape index (κ1) is 16.4. The maximum absolute atomic E-state index is 12.5. The summed E-state index contributed by atoms with van der Waals surface area (Å²) in [5, 5.41) is 2.91. The Morgan fingerprint density at radius 1 is 1.08 bits per heavy atom. The minimum Gasteiger partial charge on any atom is -0.354 e. The molecule has 1 aliphatic rings. The molecule has 1 saturated heterocycles. The first-order chi connectivity index (χ1) is 11.5. The molecule has 1 amide bonds. The summed E-state index contributed by atoms with van der Waals surface area (Å²) in [6.45, 7) is 7.62. The minimum absolute atomic E-state index is 0.207. The molecule has 2 aromatic rings. The zero-order valence-corrected chi connectivity index (χ0v) is 14.4. The Morgan fingerprint density at radius 3 is 2.54 bits per heavy atom. The number of carbonyl (C=O) groups is 1. The third-order valence-corrected chi connectivity index (χ3v) is 4.16. The van der Waals surface area contributed by atoms with Crippen LogP contribution in [-0.4, -0.2) is 54.0 Å². The average molecular weight is 325 g/mol. The number of anilines is 2. The lowest BCUT2D eigenvalue weighted by Crippen LogP contribution is -2.45. The Kier molecular flexibility index (Phi) is 4.76. The molecule has 2 heterocycles. The van der Waals surface area contributed by atoms with E-state index >= 15 is 0 Å². The van der Waals surface area contributed by atoms with E-state index in [2.05, 4.69) is 32.1 Å². The normalized spacial score (nSPS) is 15.4. The number of benzene rings is 1. The summed E-state index contributed by atoms with van der Waals surface area (Å²) in [5.41, 5.74) is 2.28. The van der Waals surface area contributed by atoms with Crippen LogP contribution in [0.3, 0.4) is 0 Å². The first-order valence-electron chi connectivity index (χ1n) is 8.18. The van der Waals surface area contributed by atoms with Crippen molar-refractivity contribution in [3.05, 3.63) is 47.4 Å². The molecule has 0 atom stereocenters. The van der Waals surface area contributed by atoms with Crippen LogP contribution >= 0.6 is 0 Å². The number of aryl methyl sites for hydroxylation is 2. The molecule has 126 valence electrons. The third-order valence-electron chi connectivity index (χ3n) is 4.16. The fourth-order valence-electron chi connectivity index (χ4n) is 2.78. The van der Waals surface area contributed by atoms with Gasteiger partial charge in [0.05, 0.1) is 0 Å². The topological polar surface area (TPSA) is 61.4 Å². The maximum Gasteiger partial charge on any atom is 0.274 e. The van der Waals surface area contributed by atoms with E-state index in [1.165, 1.54) is 0 Å². The van der Waals surface area contributed by atoms with Gasteiger partial charge in [-0.1, -0.05) is 12.1 Å². The highest BCUT2D eigenvalue weighted by Gasteiger charge is 2.18. The summed E-state index contributed by atoms with van der Waals surface area (Å²) in [6, 6.07) is 9.51. The van der Waals surface area contributed by atoms with Crippen molar-refractivity contribution in [1.29, 1.82) is 0 Å². The van der Waals surface area contributed by atoms with E-state index in [1.54, 1.807) is 6.07 Å². The highest BCUT2D eigenvalue weighted by molar-refractivity contribution is 6.03. The van der Waals surface area contributed by atoms with Gasteiger partial charge in [-0.05, 0) is 38.6 Å². The van der Waals surface area contributed by atoms with E-state index in [4.69, 9.17) is 0 Å². The van der Waals surface area contributed by atoms with Gasteiger partial charge in [-0.2, -0.15) is 0 Å². The molecule has 1 aliphatic heterocycles. The molecule has 1 aromatic carbocycles. The zero-order valence-electron chi connectivity index (χ0n) is 14.4. The fourth-order valence-corrected chi connectivity index (χ4v) is 2.78. The SMILES string of the molecule is Cc1cccc(NC(=O)c2cc(N3CCN(C)CC3)nc(C)n2)c1. The molecule has 6 nitrogen and oxygen atoms in total. The van der Waals surface area contributed by atoms with Crippen molar-refractivity contribution >= 4 is 17.4 Å². The van der Waals surface area contributed by atoms with Crippen molar-refractivity contribution in [3.63, 3.8) is 0 Å². The van der Waals surface area contributed by atoms with Crippen LogP contribution in [0.25, 0.3) is 0 Å². The van der Waals surface area contributed by atoms with E-state index in [9.17, 15) is 4.79 Å². The predicted molar refractivity (Wildman–Crippen MR) is 95.6 cm³/mol. The molecule has 0 bridgehead atoms.